The van der Waals surface area contributed by atoms with Gasteiger partial charge in [0, 0.05) is 28.6 Å². The maximum Gasteiger partial charge on any atom is 0.257 e. The molecule has 132 valence electrons. The van der Waals surface area contributed by atoms with Crippen molar-refractivity contribution in [3.63, 3.8) is 0 Å². The molecule has 3 heterocycles. The van der Waals surface area contributed by atoms with Gasteiger partial charge in [0.25, 0.3) is 5.91 Å². The first-order chi connectivity index (χ1) is 11.5. The van der Waals surface area contributed by atoms with Crippen molar-refractivity contribution in [3.05, 3.63) is 25.8 Å². The number of hydrogen-bond acceptors (Lipinski definition) is 4. The fourth-order valence-electron chi connectivity index (χ4n) is 3.52. The van der Waals surface area contributed by atoms with Crippen LogP contribution in [0, 0.1) is 19.8 Å². The van der Waals surface area contributed by atoms with Crippen LogP contribution >= 0.6 is 23.1 Å². The molecule has 5 heteroatoms. The van der Waals surface area contributed by atoms with Crippen molar-refractivity contribution in [2.24, 2.45) is 5.92 Å². The van der Waals surface area contributed by atoms with E-state index in [1.54, 1.807) is 11.8 Å². The lowest BCUT2D eigenvalue weighted by molar-refractivity contribution is -0.116. The molecule has 0 unspecified atom stereocenters. The Balaban J connectivity index is 1.45. The van der Waals surface area contributed by atoms with Crippen molar-refractivity contribution in [1.82, 2.24) is 10.2 Å². The molecule has 0 bridgehead atoms. The Morgan fingerprint density at radius 2 is 2.25 bits per heavy atom. The normalized spacial score (nSPS) is 21.3. The lowest BCUT2D eigenvalue weighted by atomic mass is 10.0. The van der Waals surface area contributed by atoms with E-state index < -0.39 is 0 Å². The fourth-order valence-corrected chi connectivity index (χ4v) is 5.89. The van der Waals surface area contributed by atoms with Crippen molar-refractivity contribution >= 4 is 35.1 Å². The van der Waals surface area contributed by atoms with Crippen LogP contribution < -0.4 is 5.32 Å². The number of carbonyl (C=O) groups is 1. The van der Waals surface area contributed by atoms with Gasteiger partial charge in [0.05, 0.1) is 4.91 Å². The van der Waals surface area contributed by atoms with Gasteiger partial charge in [0.1, 0.15) is 0 Å². The number of carbonyl (C=O) groups excluding carboxylic acids is 1. The molecular weight excluding hydrogens is 336 g/mol. The summed E-state index contributed by atoms with van der Waals surface area (Å²) < 4.78 is 0. The van der Waals surface area contributed by atoms with Crippen LogP contribution in [0.1, 0.15) is 47.1 Å². The second-order valence-electron chi connectivity index (χ2n) is 7.08. The van der Waals surface area contributed by atoms with Crippen LogP contribution in [-0.4, -0.2) is 37.0 Å². The molecular formula is C19H28N2OS2. The van der Waals surface area contributed by atoms with Gasteiger partial charge in [-0.3, -0.25) is 4.79 Å². The Hall–Kier alpha value is -0.780. The highest BCUT2D eigenvalue weighted by molar-refractivity contribution is 8.03. The molecule has 0 saturated carbocycles. The Kier molecular flexibility index (Phi) is 6.06. The largest absolute Gasteiger partial charge is 0.352 e. The number of rotatable bonds is 5. The molecule has 0 aliphatic carbocycles. The fraction of sp³-hybridized carbons (Fsp3) is 0.632. The quantitative estimate of drug-likeness (QED) is 0.795. The third-order valence-electron chi connectivity index (χ3n) is 5.08. The summed E-state index contributed by atoms with van der Waals surface area (Å²) in [6, 6.07) is 0. The first-order valence-electron chi connectivity index (χ1n) is 8.98. The average Bonchev–Trinajstić information content (AvgIpc) is 2.85. The molecule has 0 spiro atoms. The molecule has 1 aromatic heterocycles. The van der Waals surface area contributed by atoms with Crippen LogP contribution in [0.3, 0.4) is 0 Å². The molecule has 24 heavy (non-hydrogen) atoms. The van der Waals surface area contributed by atoms with Crippen molar-refractivity contribution < 1.29 is 4.79 Å². The number of piperidine rings is 1. The average molecular weight is 365 g/mol. The molecule has 1 amide bonds. The Morgan fingerprint density at radius 3 is 3.04 bits per heavy atom. The molecule has 1 saturated heterocycles. The van der Waals surface area contributed by atoms with Gasteiger partial charge in [0.15, 0.2) is 0 Å². The van der Waals surface area contributed by atoms with E-state index >= 15 is 0 Å². The number of hydrogen-bond donors (Lipinski definition) is 1. The Labute approximate surface area is 153 Å². The smallest absolute Gasteiger partial charge is 0.257 e. The predicted octanol–water partition coefficient (Wildman–Crippen LogP) is 4.19. The SMILES string of the molecule is Cc1sc2c(c1C)CSC(C(=O)NCCCN1CCC[C@H](C)C1)=C2. The molecule has 0 aromatic carbocycles. The second-order valence-corrected chi connectivity index (χ2v) is 9.35. The van der Waals surface area contributed by atoms with Gasteiger partial charge >= 0.3 is 0 Å². The molecule has 3 nitrogen and oxygen atoms in total. The van der Waals surface area contributed by atoms with Crippen molar-refractivity contribution in [2.45, 2.75) is 45.8 Å². The van der Waals surface area contributed by atoms with Gasteiger partial charge < -0.3 is 10.2 Å². The topological polar surface area (TPSA) is 32.3 Å². The maximum absolute atomic E-state index is 12.4. The van der Waals surface area contributed by atoms with E-state index in [-0.39, 0.29) is 5.91 Å². The predicted molar refractivity (Wildman–Crippen MR) is 106 cm³/mol. The highest BCUT2D eigenvalue weighted by atomic mass is 32.2. The lowest BCUT2D eigenvalue weighted by Crippen LogP contribution is -2.36. The van der Waals surface area contributed by atoms with E-state index in [0.29, 0.717) is 0 Å². The summed E-state index contributed by atoms with van der Waals surface area (Å²) >= 11 is 3.48. The van der Waals surface area contributed by atoms with E-state index in [4.69, 9.17) is 0 Å². The summed E-state index contributed by atoms with van der Waals surface area (Å²) in [5, 5.41) is 3.11. The van der Waals surface area contributed by atoms with Gasteiger partial charge in [-0.05, 0) is 69.3 Å². The molecule has 2 aliphatic heterocycles. The first kappa shape index (κ1) is 18.0. The summed E-state index contributed by atoms with van der Waals surface area (Å²) in [6.45, 7) is 11.0. The van der Waals surface area contributed by atoms with E-state index in [0.717, 1.165) is 36.1 Å². The van der Waals surface area contributed by atoms with E-state index in [9.17, 15) is 4.79 Å². The monoisotopic (exact) mass is 364 g/mol. The summed E-state index contributed by atoms with van der Waals surface area (Å²) in [4.78, 5) is 18.4. The second kappa shape index (κ2) is 8.07. The number of fused-ring (bicyclic) bond motifs is 1. The van der Waals surface area contributed by atoms with Gasteiger partial charge in [-0.15, -0.1) is 23.1 Å². The van der Waals surface area contributed by atoms with Crippen LogP contribution in [0.2, 0.25) is 0 Å². The minimum Gasteiger partial charge on any atom is -0.352 e. The number of amides is 1. The zero-order valence-corrected chi connectivity index (χ0v) is 16.6. The van der Waals surface area contributed by atoms with Crippen molar-refractivity contribution in [2.75, 3.05) is 26.2 Å². The third kappa shape index (κ3) is 4.24. The summed E-state index contributed by atoms with van der Waals surface area (Å²) in [5.74, 6) is 1.85. The van der Waals surface area contributed by atoms with Crippen LogP contribution in [0.25, 0.3) is 6.08 Å². The molecule has 1 atom stereocenters. The summed E-state index contributed by atoms with van der Waals surface area (Å²) in [6.07, 6.45) is 5.80. The number of aryl methyl sites for hydroxylation is 1. The number of thioether (sulfide) groups is 1. The number of nitrogens with one attached hydrogen (secondary N) is 1. The third-order valence-corrected chi connectivity index (χ3v) is 7.32. The highest BCUT2D eigenvalue weighted by Crippen LogP contribution is 2.39. The van der Waals surface area contributed by atoms with E-state index in [2.05, 4.69) is 37.1 Å². The van der Waals surface area contributed by atoms with E-state index in [1.807, 2.05) is 11.3 Å². The lowest BCUT2D eigenvalue weighted by Gasteiger charge is -2.30. The van der Waals surface area contributed by atoms with Crippen molar-refractivity contribution in [3.8, 4) is 0 Å². The zero-order valence-electron chi connectivity index (χ0n) is 15.0. The summed E-state index contributed by atoms with van der Waals surface area (Å²) in [7, 11) is 0. The molecule has 0 radical (unpaired) electrons. The van der Waals surface area contributed by atoms with E-state index in [1.165, 1.54) is 46.8 Å². The molecule has 1 fully saturated rings. The minimum absolute atomic E-state index is 0.0985. The van der Waals surface area contributed by atoms with Crippen LogP contribution in [0.15, 0.2) is 4.91 Å². The highest BCUT2D eigenvalue weighted by Gasteiger charge is 2.21. The first-order valence-corrected chi connectivity index (χ1v) is 10.8. The van der Waals surface area contributed by atoms with Crippen LogP contribution in [0.4, 0.5) is 0 Å². The van der Waals surface area contributed by atoms with Crippen molar-refractivity contribution in [1.29, 1.82) is 0 Å². The number of nitrogens with zero attached hydrogens (tertiary/aromatic N) is 1. The Bertz CT molecular complexity index is 636. The van der Waals surface area contributed by atoms with Crippen LogP contribution in [0.5, 0.6) is 0 Å². The standard InChI is InChI=1S/C19H28N2OS2/c1-13-6-4-8-21(11-13)9-5-7-20-19(22)18-10-17-16(12-23-18)14(2)15(3)24-17/h10,13H,4-9,11-12H2,1-3H3,(H,20,22)/t13-/m0/s1. The Morgan fingerprint density at radius 1 is 1.42 bits per heavy atom. The molecule has 3 rings (SSSR count). The maximum atomic E-state index is 12.4. The number of thiophene rings is 1. The number of likely N-dealkylation sites (tertiary alicyclic amines) is 1. The van der Waals surface area contributed by atoms with Gasteiger partial charge in [-0.1, -0.05) is 6.92 Å². The molecule has 1 aromatic rings. The van der Waals surface area contributed by atoms with Gasteiger partial charge in [-0.25, -0.2) is 0 Å². The molecule has 2 aliphatic rings. The summed E-state index contributed by atoms with van der Waals surface area (Å²) in [5.41, 5.74) is 2.81. The van der Waals surface area contributed by atoms with Gasteiger partial charge in [0.2, 0.25) is 0 Å². The molecule has 1 N–H and O–H groups in total. The van der Waals surface area contributed by atoms with Crippen LogP contribution in [-0.2, 0) is 10.5 Å². The minimum atomic E-state index is 0.0985. The zero-order chi connectivity index (χ0) is 17.1. The van der Waals surface area contributed by atoms with Gasteiger partial charge in [-0.2, -0.15) is 0 Å².